The van der Waals surface area contributed by atoms with Crippen LogP contribution in [0.3, 0.4) is 0 Å². The van der Waals surface area contributed by atoms with E-state index in [1.165, 1.54) is 29.9 Å². The standard InChI is InChI=1S/C22H17BrN2O7/c1-31-22(28)32-11-12-3-5-15-16(9-12)20(26)18-14-6-4-13(25(29)30)10-17(14)21(27)24(19(15)18)8-2-7-23/h3-6,9-10H,2,7-8,11H2,1H3. The summed E-state index contributed by atoms with van der Waals surface area (Å²) in [4.78, 5) is 48.7. The number of methoxy groups -OCH3 is 1. The van der Waals surface area contributed by atoms with Gasteiger partial charge in [-0.2, -0.15) is 0 Å². The van der Waals surface area contributed by atoms with Crippen molar-refractivity contribution < 1.29 is 24.0 Å². The Kier molecular flexibility index (Phi) is 5.79. The Balaban J connectivity index is 1.93. The van der Waals surface area contributed by atoms with Crippen LogP contribution in [0, 0.1) is 10.1 Å². The summed E-state index contributed by atoms with van der Waals surface area (Å²) in [5.74, 6) is -0.290. The first-order chi connectivity index (χ1) is 15.4. The van der Waals surface area contributed by atoms with Crippen molar-refractivity contribution in [2.24, 2.45) is 0 Å². The van der Waals surface area contributed by atoms with Crippen molar-refractivity contribution >= 4 is 44.3 Å². The maximum atomic E-state index is 13.4. The Morgan fingerprint density at radius 1 is 1.12 bits per heavy atom. The molecule has 1 aliphatic rings. The molecule has 1 aromatic heterocycles. The molecule has 0 atom stereocenters. The summed E-state index contributed by atoms with van der Waals surface area (Å²) < 4.78 is 10.9. The number of hydrogen-bond donors (Lipinski definition) is 0. The zero-order valence-corrected chi connectivity index (χ0v) is 18.5. The van der Waals surface area contributed by atoms with Crippen molar-refractivity contribution in [3.8, 4) is 11.3 Å². The van der Waals surface area contributed by atoms with Crippen LogP contribution in [0.15, 0.2) is 41.2 Å². The van der Waals surface area contributed by atoms with Crippen molar-refractivity contribution in [1.29, 1.82) is 0 Å². The number of benzene rings is 2. The number of rotatable bonds is 6. The van der Waals surface area contributed by atoms with Gasteiger partial charge in [-0.1, -0.05) is 28.1 Å². The van der Waals surface area contributed by atoms with E-state index in [1.807, 2.05) is 0 Å². The minimum absolute atomic E-state index is 0.0765. The van der Waals surface area contributed by atoms with Crippen molar-refractivity contribution in [2.45, 2.75) is 19.6 Å². The number of ether oxygens (including phenoxy) is 2. The van der Waals surface area contributed by atoms with Crippen LogP contribution in [0.2, 0.25) is 0 Å². The van der Waals surface area contributed by atoms with Gasteiger partial charge in [-0.3, -0.25) is 19.7 Å². The number of ketones is 1. The quantitative estimate of drug-likeness (QED) is 0.168. The van der Waals surface area contributed by atoms with Gasteiger partial charge in [-0.05, 0) is 24.1 Å². The second-order valence-electron chi connectivity index (χ2n) is 7.16. The molecule has 1 heterocycles. The van der Waals surface area contributed by atoms with Gasteiger partial charge in [-0.15, -0.1) is 0 Å². The lowest BCUT2D eigenvalue weighted by Crippen LogP contribution is -2.23. The van der Waals surface area contributed by atoms with Gasteiger partial charge in [0.1, 0.15) is 6.61 Å². The molecule has 0 fully saturated rings. The number of aromatic nitrogens is 1. The number of alkyl halides is 1. The van der Waals surface area contributed by atoms with E-state index in [0.29, 0.717) is 51.6 Å². The van der Waals surface area contributed by atoms with Gasteiger partial charge < -0.3 is 14.0 Å². The number of hydrogen-bond acceptors (Lipinski definition) is 7. The van der Waals surface area contributed by atoms with E-state index in [4.69, 9.17) is 4.74 Å². The fourth-order valence-electron chi connectivity index (χ4n) is 3.90. The lowest BCUT2D eigenvalue weighted by Gasteiger charge is -2.14. The van der Waals surface area contributed by atoms with Crippen LogP contribution in [0.1, 0.15) is 27.9 Å². The number of carbonyl (C=O) groups excluding carboxylic acids is 2. The summed E-state index contributed by atoms with van der Waals surface area (Å²) in [7, 11) is 1.20. The van der Waals surface area contributed by atoms with Crippen LogP contribution in [-0.4, -0.2) is 33.9 Å². The van der Waals surface area contributed by atoms with Gasteiger partial charge in [0.15, 0.2) is 5.78 Å². The van der Waals surface area contributed by atoms with E-state index in [-0.39, 0.29) is 29.0 Å². The number of fused-ring (bicyclic) bond motifs is 5. The van der Waals surface area contributed by atoms with Crippen LogP contribution < -0.4 is 5.56 Å². The largest absolute Gasteiger partial charge is 0.508 e. The fourth-order valence-corrected chi connectivity index (χ4v) is 4.15. The molecule has 0 saturated heterocycles. The number of carbonyl (C=O) groups is 2. The van der Waals surface area contributed by atoms with Crippen LogP contribution in [0.4, 0.5) is 10.5 Å². The van der Waals surface area contributed by atoms with Gasteiger partial charge in [-0.25, -0.2) is 4.79 Å². The van der Waals surface area contributed by atoms with E-state index in [2.05, 4.69) is 20.7 Å². The molecule has 32 heavy (non-hydrogen) atoms. The highest BCUT2D eigenvalue weighted by atomic mass is 79.9. The number of nitro groups is 1. The SMILES string of the molecule is COC(=O)OCc1ccc2c(c1)C(=O)c1c-2n(CCCBr)c(=O)c2cc([N+](=O)[O-])ccc12. The Morgan fingerprint density at radius 3 is 2.59 bits per heavy atom. The lowest BCUT2D eigenvalue weighted by atomic mass is 10.0. The summed E-state index contributed by atoms with van der Waals surface area (Å²) in [6, 6.07) is 9.01. The van der Waals surface area contributed by atoms with E-state index in [9.17, 15) is 24.5 Å². The minimum atomic E-state index is -0.837. The number of halogens is 1. The number of non-ortho nitro benzene ring substituents is 1. The Morgan fingerprint density at radius 2 is 1.91 bits per heavy atom. The second-order valence-corrected chi connectivity index (χ2v) is 7.95. The topological polar surface area (TPSA) is 118 Å². The summed E-state index contributed by atoms with van der Waals surface area (Å²) in [5, 5.41) is 12.4. The summed E-state index contributed by atoms with van der Waals surface area (Å²) in [6.45, 7) is 0.262. The van der Waals surface area contributed by atoms with Gasteiger partial charge >= 0.3 is 6.16 Å². The molecule has 0 bridgehead atoms. The summed E-state index contributed by atoms with van der Waals surface area (Å²) in [5.41, 5.74) is 1.80. The number of pyridine rings is 1. The van der Waals surface area contributed by atoms with Crippen molar-refractivity contribution in [3.05, 3.63) is 73.6 Å². The smallest absolute Gasteiger partial charge is 0.438 e. The van der Waals surface area contributed by atoms with E-state index >= 15 is 0 Å². The fraction of sp³-hybridized carbons (Fsp3) is 0.227. The minimum Gasteiger partial charge on any atom is -0.438 e. The van der Waals surface area contributed by atoms with Gasteiger partial charge in [0.2, 0.25) is 0 Å². The van der Waals surface area contributed by atoms with E-state index < -0.39 is 11.1 Å². The van der Waals surface area contributed by atoms with Gasteiger partial charge in [0, 0.05) is 40.5 Å². The average Bonchev–Trinajstić information content (AvgIpc) is 3.09. The molecular formula is C22H17BrN2O7. The van der Waals surface area contributed by atoms with Gasteiger partial charge in [0.05, 0.1) is 28.7 Å². The molecule has 10 heteroatoms. The van der Waals surface area contributed by atoms with Crippen molar-refractivity contribution in [3.63, 3.8) is 0 Å². The molecule has 0 spiro atoms. The molecule has 9 nitrogen and oxygen atoms in total. The third-order valence-corrected chi connectivity index (χ3v) is 5.88. The third kappa shape index (κ3) is 3.56. The maximum absolute atomic E-state index is 13.4. The van der Waals surface area contributed by atoms with Crippen LogP contribution in [0.5, 0.6) is 0 Å². The molecule has 0 unspecified atom stereocenters. The molecule has 0 aliphatic heterocycles. The van der Waals surface area contributed by atoms with Crippen molar-refractivity contribution in [2.75, 3.05) is 12.4 Å². The highest BCUT2D eigenvalue weighted by molar-refractivity contribution is 9.09. The normalized spacial score (nSPS) is 11.9. The Bertz CT molecular complexity index is 1350. The van der Waals surface area contributed by atoms with Gasteiger partial charge in [0.25, 0.3) is 11.2 Å². The Hall–Kier alpha value is -3.53. The zero-order valence-electron chi connectivity index (χ0n) is 16.9. The average molecular weight is 501 g/mol. The zero-order chi connectivity index (χ0) is 23.0. The monoisotopic (exact) mass is 500 g/mol. The molecule has 0 N–H and O–H groups in total. The molecule has 164 valence electrons. The molecule has 2 aromatic carbocycles. The first-order valence-corrected chi connectivity index (χ1v) is 10.8. The molecule has 0 radical (unpaired) electrons. The third-order valence-electron chi connectivity index (χ3n) is 5.32. The predicted molar refractivity (Wildman–Crippen MR) is 119 cm³/mol. The molecule has 1 aliphatic carbocycles. The number of nitrogens with zero attached hydrogens (tertiary/aromatic N) is 2. The molecule has 3 aromatic rings. The maximum Gasteiger partial charge on any atom is 0.508 e. The molecule has 0 saturated carbocycles. The number of nitro benzene ring substituents is 1. The molecule has 0 amide bonds. The second kappa shape index (κ2) is 8.54. The van der Waals surface area contributed by atoms with Crippen LogP contribution >= 0.6 is 15.9 Å². The highest BCUT2D eigenvalue weighted by Gasteiger charge is 2.33. The lowest BCUT2D eigenvalue weighted by molar-refractivity contribution is -0.384. The van der Waals surface area contributed by atoms with Crippen LogP contribution in [-0.2, 0) is 22.6 Å². The first kappa shape index (κ1) is 21.7. The van der Waals surface area contributed by atoms with E-state index in [0.717, 1.165) is 0 Å². The van der Waals surface area contributed by atoms with Crippen molar-refractivity contribution in [1.82, 2.24) is 4.57 Å². The van der Waals surface area contributed by atoms with E-state index in [1.54, 1.807) is 18.2 Å². The predicted octanol–water partition coefficient (Wildman–Crippen LogP) is 4.19. The molecular weight excluding hydrogens is 484 g/mol. The first-order valence-electron chi connectivity index (χ1n) is 9.67. The Labute approximate surface area is 189 Å². The highest BCUT2D eigenvalue weighted by Crippen LogP contribution is 2.40. The summed E-state index contributed by atoms with van der Waals surface area (Å²) in [6.07, 6.45) is -0.210. The van der Waals surface area contributed by atoms with Crippen LogP contribution in [0.25, 0.3) is 22.0 Å². The molecule has 4 rings (SSSR count). The summed E-state index contributed by atoms with van der Waals surface area (Å²) >= 11 is 3.36.